The molecule has 0 aromatic carbocycles. The Labute approximate surface area is 84.0 Å². The molecule has 0 atom stereocenters. The van der Waals surface area contributed by atoms with E-state index in [4.69, 9.17) is 0 Å². The second-order valence-electron chi connectivity index (χ2n) is 3.92. The van der Waals surface area contributed by atoms with Crippen LogP contribution in [0.3, 0.4) is 0 Å². The molecule has 3 heteroatoms. The zero-order chi connectivity index (χ0) is 9.19. The Hall–Kier alpha value is -0.121. The molecule has 64 valence electrons. The summed E-state index contributed by atoms with van der Waals surface area (Å²) < 4.78 is 1.78. The monoisotopic (exact) mass is 270 g/mol. The summed E-state index contributed by atoms with van der Waals surface area (Å²) in [5.74, 6) is 0. The van der Waals surface area contributed by atoms with Crippen LogP contribution in [0.15, 0.2) is 12.4 Å². The maximum atomic E-state index is 4.29. The van der Waals surface area contributed by atoms with Crippen LogP contribution in [0.4, 0.5) is 0 Å². The quantitative estimate of drug-likeness (QED) is 0.719. The number of hydrogen-bond donors (Lipinski definition) is 0. The third-order valence-electron chi connectivity index (χ3n) is 1.31. The Bertz CT molecular complexity index is 265. The van der Waals surface area contributed by atoms with Crippen molar-refractivity contribution in [2.75, 3.05) is 0 Å². The van der Waals surface area contributed by atoms with Crippen molar-refractivity contribution in [1.29, 1.82) is 0 Å². The first-order chi connectivity index (χ1) is 5.47. The van der Waals surface area contributed by atoms with Crippen molar-refractivity contribution in [3.8, 4) is 0 Å². The van der Waals surface area contributed by atoms with E-state index in [2.05, 4.69) is 36.8 Å². The Morgan fingerprint density at radius 3 is 2.42 bits per heavy atom. The second kappa shape index (κ2) is 3.73. The van der Waals surface area contributed by atoms with Crippen LogP contribution in [-0.2, 0) is 0 Å². The van der Waals surface area contributed by atoms with Crippen molar-refractivity contribution in [3.63, 3.8) is 0 Å². The van der Waals surface area contributed by atoms with Crippen molar-refractivity contribution < 1.29 is 0 Å². The standard InChI is InChI=1S/C5H5N2.C4H9.Sn/c1-5-2-3-6-4-7-5;1-4(2)3;/h2,4H,1H3;1-3H3;. The van der Waals surface area contributed by atoms with E-state index in [0.29, 0.717) is 3.43 Å². The van der Waals surface area contributed by atoms with Crippen LogP contribution < -0.4 is 3.71 Å². The minimum atomic E-state index is -0.527. The Morgan fingerprint density at radius 2 is 1.92 bits per heavy atom. The van der Waals surface area contributed by atoms with Crippen LogP contribution in [0.2, 0.25) is 3.43 Å². The summed E-state index contributed by atoms with van der Waals surface area (Å²) in [5, 5.41) is 0. The fraction of sp³-hybridized carbons (Fsp3) is 0.556. The van der Waals surface area contributed by atoms with E-state index in [1.165, 1.54) is 3.71 Å². The van der Waals surface area contributed by atoms with Gasteiger partial charge in [0.05, 0.1) is 0 Å². The zero-order valence-corrected chi connectivity index (χ0v) is 10.9. The number of aryl methyl sites for hydroxylation is 1. The fourth-order valence-corrected chi connectivity index (χ4v) is 4.25. The topological polar surface area (TPSA) is 25.8 Å². The number of aromatic nitrogens is 2. The third kappa shape index (κ3) is 3.52. The Kier molecular flexibility index (Phi) is 3.09. The molecule has 2 nitrogen and oxygen atoms in total. The molecule has 0 saturated carbocycles. The second-order valence-corrected chi connectivity index (χ2v) is 10.4. The van der Waals surface area contributed by atoms with Gasteiger partial charge in [0.2, 0.25) is 0 Å². The molecule has 0 spiro atoms. The average molecular weight is 269 g/mol. The van der Waals surface area contributed by atoms with Crippen molar-refractivity contribution in [3.05, 3.63) is 18.1 Å². The molecule has 0 aliphatic heterocycles. The summed E-state index contributed by atoms with van der Waals surface area (Å²) in [4.78, 5) is 8.38. The van der Waals surface area contributed by atoms with E-state index in [0.717, 1.165) is 5.69 Å². The third-order valence-corrected chi connectivity index (χ3v) is 4.96. The molecule has 0 bridgehead atoms. The molecule has 1 heterocycles. The number of hydrogen-bond acceptors (Lipinski definition) is 2. The van der Waals surface area contributed by atoms with E-state index >= 15 is 0 Å². The van der Waals surface area contributed by atoms with Crippen LogP contribution in [0, 0.1) is 6.92 Å². The molecule has 0 unspecified atom stereocenters. The molecule has 0 aliphatic rings. The zero-order valence-electron chi connectivity index (χ0n) is 8.05. The van der Waals surface area contributed by atoms with Crippen LogP contribution in [0.25, 0.3) is 0 Å². The van der Waals surface area contributed by atoms with Gasteiger partial charge in [-0.05, 0) is 0 Å². The van der Waals surface area contributed by atoms with Gasteiger partial charge in [-0.15, -0.1) is 0 Å². The van der Waals surface area contributed by atoms with Gasteiger partial charge < -0.3 is 0 Å². The summed E-state index contributed by atoms with van der Waals surface area (Å²) in [7, 11) is 0. The van der Waals surface area contributed by atoms with Crippen LogP contribution >= 0.6 is 0 Å². The van der Waals surface area contributed by atoms with Crippen LogP contribution in [0.1, 0.15) is 26.5 Å². The summed E-state index contributed by atoms with van der Waals surface area (Å²) in [6.45, 7) is 8.89. The van der Waals surface area contributed by atoms with Gasteiger partial charge in [0.15, 0.2) is 0 Å². The van der Waals surface area contributed by atoms with Gasteiger partial charge in [-0.1, -0.05) is 0 Å². The Morgan fingerprint density at radius 1 is 1.25 bits per heavy atom. The summed E-state index contributed by atoms with van der Waals surface area (Å²) in [6, 6.07) is 2.12. The van der Waals surface area contributed by atoms with Gasteiger partial charge in [-0.2, -0.15) is 0 Å². The maximum absolute atomic E-state index is 4.29. The molecule has 1 aromatic heterocycles. The van der Waals surface area contributed by atoms with Crippen LogP contribution in [-0.4, -0.2) is 31.1 Å². The van der Waals surface area contributed by atoms with E-state index in [1.54, 1.807) is 6.33 Å². The predicted octanol–water partition coefficient (Wildman–Crippen LogP) is 1.33. The summed E-state index contributed by atoms with van der Waals surface area (Å²) in [5.41, 5.74) is 1.09. The van der Waals surface area contributed by atoms with E-state index < -0.39 is 21.1 Å². The van der Waals surface area contributed by atoms with Gasteiger partial charge in [0, 0.05) is 0 Å². The molecule has 12 heavy (non-hydrogen) atoms. The molecule has 1 rings (SSSR count). The first kappa shape index (κ1) is 9.96. The minimum absolute atomic E-state index is 0.476. The van der Waals surface area contributed by atoms with Crippen molar-refractivity contribution in [1.82, 2.24) is 9.97 Å². The Balaban J connectivity index is 2.77. The molecule has 0 amide bonds. The fourth-order valence-electron chi connectivity index (χ4n) is 0.907. The normalized spacial score (nSPS) is 11.7. The molecule has 0 fully saturated rings. The molecular weight excluding hydrogens is 255 g/mol. The molecule has 0 aliphatic carbocycles. The summed E-state index contributed by atoms with van der Waals surface area (Å²) in [6.07, 6.45) is 1.68. The molecule has 0 saturated heterocycles. The van der Waals surface area contributed by atoms with Gasteiger partial charge >= 0.3 is 84.0 Å². The number of nitrogens with zero attached hydrogens (tertiary/aromatic N) is 2. The van der Waals surface area contributed by atoms with E-state index in [9.17, 15) is 0 Å². The van der Waals surface area contributed by atoms with Crippen molar-refractivity contribution in [2.45, 2.75) is 31.1 Å². The molecule has 0 N–H and O–H groups in total. The van der Waals surface area contributed by atoms with E-state index in [1.807, 2.05) is 6.92 Å². The molecular formula is C9H14N2Sn. The van der Waals surface area contributed by atoms with Crippen molar-refractivity contribution >= 4 is 24.9 Å². The van der Waals surface area contributed by atoms with Gasteiger partial charge in [-0.3, -0.25) is 0 Å². The SMILES string of the molecule is Cc1c[c]([Sn][C](C)(C)C)ncn1. The first-order valence-electron chi connectivity index (χ1n) is 4.04. The first-order valence-corrected chi connectivity index (χ1v) is 6.90. The van der Waals surface area contributed by atoms with Gasteiger partial charge in [0.25, 0.3) is 0 Å². The van der Waals surface area contributed by atoms with Gasteiger partial charge in [-0.25, -0.2) is 0 Å². The van der Waals surface area contributed by atoms with Gasteiger partial charge in [0.1, 0.15) is 0 Å². The summed E-state index contributed by atoms with van der Waals surface area (Å²) >= 11 is -0.527. The molecule has 1 aromatic rings. The average Bonchev–Trinajstić information content (AvgIpc) is 1.82. The number of rotatable bonds is 1. The molecule has 2 radical (unpaired) electrons. The predicted molar refractivity (Wildman–Crippen MR) is 51.9 cm³/mol. The van der Waals surface area contributed by atoms with E-state index in [-0.39, 0.29) is 0 Å². The van der Waals surface area contributed by atoms with Crippen LogP contribution in [0.5, 0.6) is 0 Å². The van der Waals surface area contributed by atoms with Crippen molar-refractivity contribution in [2.24, 2.45) is 0 Å².